The Morgan fingerprint density at radius 3 is 2.34 bits per heavy atom. The maximum atomic E-state index is 12.2. The van der Waals surface area contributed by atoms with Gasteiger partial charge in [-0.1, -0.05) is 6.07 Å². The Hall–Kier alpha value is -4.34. The van der Waals surface area contributed by atoms with E-state index in [1.807, 2.05) is 0 Å². The number of phenols is 1. The van der Waals surface area contributed by atoms with E-state index in [0.29, 0.717) is 5.56 Å². The molecule has 0 radical (unpaired) electrons. The molecule has 0 aliphatic rings. The van der Waals surface area contributed by atoms with Gasteiger partial charge >= 0.3 is 17.9 Å². The number of rotatable bonds is 8. The van der Waals surface area contributed by atoms with Gasteiger partial charge in [0.15, 0.2) is 18.1 Å². The topological polar surface area (TPSA) is 137 Å². The van der Waals surface area contributed by atoms with Gasteiger partial charge in [-0.3, -0.25) is 4.79 Å². The van der Waals surface area contributed by atoms with Crippen molar-refractivity contribution in [1.29, 1.82) is 0 Å². The molecule has 0 unspecified atom stereocenters. The SMILES string of the molecule is COC(=O)c1ccc(C(=O)OC)c(NC(=O)COC(=O)/C=C/c2ccc(O)c(OC)c2)c1. The van der Waals surface area contributed by atoms with Crippen molar-refractivity contribution in [2.24, 2.45) is 0 Å². The van der Waals surface area contributed by atoms with E-state index in [1.54, 1.807) is 6.07 Å². The minimum absolute atomic E-state index is 0.000929. The second-order valence-electron chi connectivity index (χ2n) is 6.16. The van der Waals surface area contributed by atoms with E-state index in [0.717, 1.165) is 6.08 Å². The van der Waals surface area contributed by atoms with E-state index in [4.69, 9.17) is 9.47 Å². The van der Waals surface area contributed by atoms with E-state index < -0.39 is 30.4 Å². The molecule has 2 rings (SSSR count). The highest BCUT2D eigenvalue weighted by molar-refractivity contribution is 6.04. The molecular formula is C22H21NO9. The average Bonchev–Trinajstić information content (AvgIpc) is 2.81. The van der Waals surface area contributed by atoms with Crippen LogP contribution in [0.2, 0.25) is 0 Å². The molecule has 0 aliphatic heterocycles. The van der Waals surface area contributed by atoms with Gasteiger partial charge in [0.2, 0.25) is 0 Å². The van der Waals surface area contributed by atoms with Crippen molar-refractivity contribution in [2.45, 2.75) is 0 Å². The second kappa shape index (κ2) is 11.2. The molecule has 1 amide bonds. The smallest absolute Gasteiger partial charge is 0.339 e. The minimum atomic E-state index is -0.802. The Morgan fingerprint density at radius 1 is 0.969 bits per heavy atom. The van der Waals surface area contributed by atoms with Crippen LogP contribution in [0.5, 0.6) is 11.5 Å². The summed E-state index contributed by atoms with van der Waals surface area (Å²) in [6.45, 7) is -0.648. The first kappa shape index (κ1) is 23.9. The summed E-state index contributed by atoms with van der Waals surface area (Å²) < 4.78 is 19.1. The number of aromatic hydroxyl groups is 1. The Morgan fingerprint density at radius 2 is 1.69 bits per heavy atom. The van der Waals surface area contributed by atoms with Crippen molar-refractivity contribution in [3.05, 3.63) is 59.2 Å². The van der Waals surface area contributed by atoms with Crippen LogP contribution in [0.15, 0.2) is 42.5 Å². The number of carbonyl (C=O) groups excluding carboxylic acids is 4. The maximum Gasteiger partial charge on any atom is 0.339 e. The van der Waals surface area contributed by atoms with E-state index in [2.05, 4.69) is 14.8 Å². The summed E-state index contributed by atoms with van der Waals surface area (Å²) in [7, 11) is 3.75. The Kier molecular flexibility index (Phi) is 8.35. The number of nitrogens with one attached hydrogen (secondary N) is 1. The van der Waals surface area contributed by atoms with Crippen molar-refractivity contribution in [3.8, 4) is 11.5 Å². The molecular weight excluding hydrogens is 422 g/mol. The molecule has 0 atom stereocenters. The molecule has 10 heteroatoms. The Bertz CT molecular complexity index is 1060. The number of benzene rings is 2. The lowest BCUT2D eigenvalue weighted by atomic mass is 10.1. The van der Waals surface area contributed by atoms with Gasteiger partial charge in [0, 0.05) is 6.08 Å². The van der Waals surface area contributed by atoms with Crippen LogP contribution in [0.3, 0.4) is 0 Å². The molecule has 0 spiro atoms. The van der Waals surface area contributed by atoms with Gasteiger partial charge in [-0.2, -0.15) is 0 Å². The van der Waals surface area contributed by atoms with E-state index in [9.17, 15) is 24.3 Å². The number of phenolic OH excluding ortho intramolecular Hbond substituents is 1. The summed E-state index contributed by atoms with van der Waals surface area (Å²) in [5.74, 6) is -2.77. The summed E-state index contributed by atoms with van der Waals surface area (Å²) in [6, 6.07) is 8.35. The Labute approximate surface area is 183 Å². The van der Waals surface area contributed by atoms with Crippen molar-refractivity contribution >= 4 is 35.6 Å². The fourth-order valence-electron chi connectivity index (χ4n) is 2.51. The van der Waals surface area contributed by atoms with Gasteiger partial charge in [-0.15, -0.1) is 0 Å². The highest BCUT2D eigenvalue weighted by Gasteiger charge is 2.18. The zero-order chi connectivity index (χ0) is 23.7. The van der Waals surface area contributed by atoms with Gasteiger partial charge < -0.3 is 29.4 Å². The van der Waals surface area contributed by atoms with Gasteiger partial charge in [0.05, 0.1) is 38.1 Å². The number of carbonyl (C=O) groups is 4. The molecule has 10 nitrogen and oxygen atoms in total. The minimum Gasteiger partial charge on any atom is -0.504 e. The zero-order valence-corrected chi connectivity index (χ0v) is 17.5. The number of ether oxygens (including phenoxy) is 4. The van der Waals surface area contributed by atoms with Crippen LogP contribution in [0.25, 0.3) is 6.08 Å². The summed E-state index contributed by atoms with van der Waals surface area (Å²) in [6.07, 6.45) is 2.51. The normalized spacial score (nSPS) is 10.3. The molecule has 2 aromatic rings. The Balaban J connectivity index is 2.03. The number of hydrogen-bond donors (Lipinski definition) is 2. The highest BCUT2D eigenvalue weighted by atomic mass is 16.5. The van der Waals surface area contributed by atoms with E-state index >= 15 is 0 Å². The molecule has 0 bridgehead atoms. The largest absolute Gasteiger partial charge is 0.504 e. The predicted octanol–water partition coefficient (Wildman–Crippen LogP) is 2.17. The standard InChI is InChI=1S/C22H21NO9/c1-29-18-10-13(4-8-17(18)24)5-9-20(26)32-12-19(25)23-16-11-14(21(27)30-2)6-7-15(16)22(28)31-3/h4-11,24H,12H2,1-3H3,(H,23,25)/b9-5+. The zero-order valence-electron chi connectivity index (χ0n) is 17.5. The second-order valence-corrected chi connectivity index (χ2v) is 6.16. The molecule has 32 heavy (non-hydrogen) atoms. The third-order valence-electron chi connectivity index (χ3n) is 4.08. The number of hydrogen-bond acceptors (Lipinski definition) is 9. The summed E-state index contributed by atoms with van der Waals surface area (Å²) in [5, 5.41) is 12.0. The van der Waals surface area contributed by atoms with E-state index in [1.165, 1.54) is 57.7 Å². The first-order valence-corrected chi connectivity index (χ1v) is 9.11. The molecule has 0 saturated carbocycles. The number of esters is 3. The third kappa shape index (κ3) is 6.33. The van der Waals surface area contributed by atoms with Crippen LogP contribution < -0.4 is 10.1 Å². The lowest BCUT2D eigenvalue weighted by Crippen LogP contribution is -2.22. The summed E-state index contributed by atoms with van der Waals surface area (Å²) in [5.41, 5.74) is 0.650. The van der Waals surface area contributed by atoms with Crippen molar-refractivity contribution in [2.75, 3.05) is 33.3 Å². The molecule has 2 aromatic carbocycles. The van der Waals surface area contributed by atoms with Gasteiger partial charge in [0.1, 0.15) is 0 Å². The number of anilines is 1. The molecule has 0 saturated heterocycles. The van der Waals surface area contributed by atoms with Crippen LogP contribution >= 0.6 is 0 Å². The first-order valence-electron chi connectivity index (χ1n) is 9.11. The number of amides is 1. The lowest BCUT2D eigenvalue weighted by Gasteiger charge is -2.11. The average molecular weight is 443 g/mol. The van der Waals surface area contributed by atoms with E-state index in [-0.39, 0.29) is 28.3 Å². The first-order chi connectivity index (χ1) is 15.3. The van der Waals surface area contributed by atoms with Crippen molar-refractivity contribution in [1.82, 2.24) is 0 Å². The third-order valence-corrected chi connectivity index (χ3v) is 4.08. The quantitative estimate of drug-likeness (QED) is 0.357. The fraction of sp³-hybridized carbons (Fsp3) is 0.182. The van der Waals surface area contributed by atoms with Crippen LogP contribution in [-0.4, -0.2) is 56.9 Å². The molecule has 168 valence electrons. The van der Waals surface area contributed by atoms with Crippen LogP contribution in [0, 0.1) is 0 Å². The van der Waals surface area contributed by atoms with Gasteiger partial charge in [-0.25, -0.2) is 14.4 Å². The molecule has 0 fully saturated rings. The summed E-state index contributed by atoms with van der Waals surface area (Å²) >= 11 is 0. The molecule has 0 heterocycles. The monoisotopic (exact) mass is 443 g/mol. The summed E-state index contributed by atoms with van der Waals surface area (Å²) in [4.78, 5) is 47.7. The van der Waals surface area contributed by atoms with Crippen LogP contribution in [0.1, 0.15) is 26.3 Å². The van der Waals surface area contributed by atoms with Crippen LogP contribution in [-0.2, 0) is 23.8 Å². The molecule has 2 N–H and O–H groups in total. The van der Waals surface area contributed by atoms with Crippen LogP contribution in [0.4, 0.5) is 5.69 Å². The van der Waals surface area contributed by atoms with Crippen molar-refractivity contribution < 1.29 is 43.2 Å². The molecule has 0 aromatic heterocycles. The van der Waals surface area contributed by atoms with Crippen molar-refractivity contribution in [3.63, 3.8) is 0 Å². The molecule has 0 aliphatic carbocycles. The van der Waals surface area contributed by atoms with Gasteiger partial charge in [-0.05, 0) is 42.0 Å². The number of methoxy groups -OCH3 is 3. The predicted molar refractivity (Wildman–Crippen MR) is 112 cm³/mol. The fourth-order valence-corrected chi connectivity index (χ4v) is 2.51. The van der Waals surface area contributed by atoms with Gasteiger partial charge in [0.25, 0.3) is 5.91 Å². The maximum absolute atomic E-state index is 12.2. The highest BCUT2D eigenvalue weighted by Crippen LogP contribution is 2.26. The lowest BCUT2D eigenvalue weighted by molar-refractivity contribution is -0.142.